The average Bonchev–Trinajstić information content (AvgIpc) is 2.90. The second-order valence-electron chi connectivity index (χ2n) is 4.55. The molecule has 0 aliphatic rings. The first-order valence-electron chi connectivity index (χ1n) is 6.37. The SMILES string of the molecule is CNc1ncnc2c1nnn2Cc1ccccc1C(F)(F)F. The smallest absolute Gasteiger partial charge is 0.371 e. The maximum absolute atomic E-state index is 13.0. The summed E-state index contributed by atoms with van der Waals surface area (Å²) in [6.07, 6.45) is -3.11. The van der Waals surface area contributed by atoms with E-state index in [2.05, 4.69) is 25.6 Å². The summed E-state index contributed by atoms with van der Waals surface area (Å²) >= 11 is 0. The largest absolute Gasteiger partial charge is 0.416 e. The maximum atomic E-state index is 13.0. The van der Waals surface area contributed by atoms with E-state index in [1.165, 1.54) is 23.1 Å². The number of benzene rings is 1. The summed E-state index contributed by atoms with van der Waals surface area (Å²) in [6, 6.07) is 5.36. The Morgan fingerprint density at radius 3 is 2.68 bits per heavy atom. The van der Waals surface area contributed by atoms with Crippen LogP contribution in [0.25, 0.3) is 11.2 Å². The third kappa shape index (κ3) is 2.45. The molecule has 2 aromatic heterocycles. The van der Waals surface area contributed by atoms with Crippen LogP contribution in [0.4, 0.5) is 19.0 Å². The van der Waals surface area contributed by atoms with E-state index in [0.29, 0.717) is 17.0 Å². The molecule has 0 radical (unpaired) electrons. The topological polar surface area (TPSA) is 68.5 Å². The zero-order valence-electron chi connectivity index (χ0n) is 11.5. The molecule has 114 valence electrons. The van der Waals surface area contributed by atoms with Crippen LogP contribution in [0.1, 0.15) is 11.1 Å². The first-order valence-corrected chi connectivity index (χ1v) is 6.37. The lowest BCUT2D eigenvalue weighted by Crippen LogP contribution is -2.12. The van der Waals surface area contributed by atoms with Gasteiger partial charge in [0, 0.05) is 7.05 Å². The highest BCUT2D eigenvalue weighted by Crippen LogP contribution is 2.32. The molecule has 0 fully saturated rings. The van der Waals surface area contributed by atoms with Crippen molar-refractivity contribution in [2.45, 2.75) is 12.7 Å². The third-order valence-electron chi connectivity index (χ3n) is 3.18. The predicted molar refractivity (Wildman–Crippen MR) is 73.2 cm³/mol. The van der Waals surface area contributed by atoms with Crippen LogP contribution in [0.2, 0.25) is 0 Å². The molecule has 0 unspecified atom stereocenters. The first-order chi connectivity index (χ1) is 10.5. The summed E-state index contributed by atoms with van der Waals surface area (Å²) in [5.74, 6) is 0.473. The van der Waals surface area contributed by atoms with Crippen molar-refractivity contribution in [3.05, 3.63) is 41.7 Å². The fraction of sp³-hybridized carbons (Fsp3) is 0.231. The Bertz CT molecular complexity index is 811. The number of nitrogens with zero attached hydrogens (tertiary/aromatic N) is 5. The van der Waals surface area contributed by atoms with Gasteiger partial charge in [-0.1, -0.05) is 23.4 Å². The van der Waals surface area contributed by atoms with Crippen molar-refractivity contribution >= 4 is 17.0 Å². The van der Waals surface area contributed by atoms with Crippen LogP contribution < -0.4 is 5.32 Å². The third-order valence-corrected chi connectivity index (χ3v) is 3.18. The van der Waals surface area contributed by atoms with E-state index in [-0.39, 0.29) is 12.1 Å². The van der Waals surface area contributed by atoms with Crippen molar-refractivity contribution in [2.75, 3.05) is 12.4 Å². The van der Waals surface area contributed by atoms with Gasteiger partial charge in [-0.15, -0.1) is 5.10 Å². The van der Waals surface area contributed by atoms with E-state index in [1.807, 2.05) is 0 Å². The van der Waals surface area contributed by atoms with Crippen molar-refractivity contribution in [1.82, 2.24) is 25.0 Å². The molecule has 6 nitrogen and oxygen atoms in total. The van der Waals surface area contributed by atoms with E-state index in [9.17, 15) is 13.2 Å². The fourth-order valence-electron chi connectivity index (χ4n) is 2.18. The van der Waals surface area contributed by atoms with Gasteiger partial charge in [0.05, 0.1) is 12.1 Å². The second kappa shape index (κ2) is 5.24. The van der Waals surface area contributed by atoms with Gasteiger partial charge in [-0.25, -0.2) is 14.6 Å². The van der Waals surface area contributed by atoms with Crippen LogP contribution in [0, 0.1) is 0 Å². The van der Waals surface area contributed by atoms with E-state index in [0.717, 1.165) is 6.07 Å². The maximum Gasteiger partial charge on any atom is 0.416 e. The molecule has 0 bridgehead atoms. The van der Waals surface area contributed by atoms with Crippen molar-refractivity contribution in [1.29, 1.82) is 0 Å². The number of halogens is 3. The lowest BCUT2D eigenvalue weighted by Gasteiger charge is -2.12. The molecule has 1 aromatic carbocycles. The summed E-state index contributed by atoms with van der Waals surface area (Å²) in [5, 5.41) is 10.6. The van der Waals surface area contributed by atoms with Crippen molar-refractivity contribution in [3.8, 4) is 0 Å². The van der Waals surface area contributed by atoms with Gasteiger partial charge in [-0.05, 0) is 11.6 Å². The molecule has 0 saturated heterocycles. The molecule has 0 spiro atoms. The molecule has 3 rings (SSSR count). The Hall–Kier alpha value is -2.71. The number of alkyl halides is 3. The monoisotopic (exact) mass is 308 g/mol. The Kier molecular flexibility index (Phi) is 3.39. The minimum Gasteiger partial charge on any atom is -0.371 e. The molecule has 0 amide bonds. The Morgan fingerprint density at radius 1 is 1.18 bits per heavy atom. The Morgan fingerprint density at radius 2 is 1.95 bits per heavy atom. The van der Waals surface area contributed by atoms with Crippen LogP contribution in [0.5, 0.6) is 0 Å². The van der Waals surface area contributed by atoms with E-state index >= 15 is 0 Å². The molecule has 0 saturated carbocycles. The highest BCUT2D eigenvalue weighted by atomic mass is 19.4. The quantitative estimate of drug-likeness (QED) is 0.804. The number of anilines is 1. The molecular weight excluding hydrogens is 297 g/mol. The highest BCUT2D eigenvalue weighted by molar-refractivity contribution is 5.81. The number of rotatable bonds is 3. The zero-order chi connectivity index (χ0) is 15.7. The van der Waals surface area contributed by atoms with Crippen LogP contribution in [0.15, 0.2) is 30.6 Å². The summed E-state index contributed by atoms with van der Waals surface area (Å²) in [4.78, 5) is 8.03. The summed E-state index contributed by atoms with van der Waals surface area (Å²) in [5.41, 5.74) is 0.193. The molecular formula is C13H11F3N6. The molecule has 3 aromatic rings. The molecule has 0 aliphatic carbocycles. The first kappa shape index (κ1) is 14.2. The van der Waals surface area contributed by atoms with Crippen LogP contribution in [-0.4, -0.2) is 32.0 Å². The van der Waals surface area contributed by atoms with Gasteiger partial charge in [0.2, 0.25) is 0 Å². The minimum absolute atomic E-state index is 0.0770. The summed E-state index contributed by atoms with van der Waals surface area (Å²) in [7, 11) is 1.67. The molecule has 1 N–H and O–H groups in total. The number of fused-ring (bicyclic) bond motifs is 1. The molecule has 2 heterocycles. The minimum atomic E-state index is -4.42. The highest BCUT2D eigenvalue weighted by Gasteiger charge is 2.33. The predicted octanol–water partition coefficient (Wildman–Crippen LogP) is 2.33. The van der Waals surface area contributed by atoms with Crippen LogP contribution in [-0.2, 0) is 12.7 Å². The van der Waals surface area contributed by atoms with Crippen molar-refractivity contribution < 1.29 is 13.2 Å². The standard InChI is InChI=1S/C13H11F3N6/c1-17-11-10-12(19-7-18-11)22(21-20-10)6-8-4-2-3-5-9(8)13(14,15)16/h2-5,7H,6H2,1H3,(H,17,18,19). The van der Waals surface area contributed by atoms with Gasteiger partial charge >= 0.3 is 6.18 Å². The average molecular weight is 308 g/mol. The summed E-state index contributed by atoms with van der Waals surface area (Å²) in [6.45, 7) is -0.0770. The van der Waals surface area contributed by atoms with Gasteiger partial charge in [0.1, 0.15) is 6.33 Å². The van der Waals surface area contributed by atoms with E-state index < -0.39 is 11.7 Å². The van der Waals surface area contributed by atoms with E-state index in [4.69, 9.17) is 0 Å². The molecule has 0 aliphatic heterocycles. The molecule has 22 heavy (non-hydrogen) atoms. The van der Waals surface area contributed by atoms with Crippen LogP contribution in [0.3, 0.4) is 0 Å². The molecule has 9 heteroatoms. The number of hydrogen-bond acceptors (Lipinski definition) is 5. The van der Waals surface area contributed by atoms with Crippen LogP contribution >= 0.6 is 0 Å². The van der Waals surface area contributed by atoms with Crippen molar-refractivity contribution in [2.24, 2.45) is 0 Å². The van der Waals surface area contributed by atoms with Gasteiger partial charge < -0.3 is 5.32 Å². The lowest BCUT2D eigenvalue weighted by molar-refractivity contribution is -0.138. The van der Waals surface area contributed by atoms with Crippen molar-refractivity contribution in [3.63, 3.8) is 0 Å². The van der Waals surface area contributed by atoms with E-state index in [1.54, 1.807) is 13.1 Å². The normalized spacial score (nSPS) is 11.8. The van der Waals surface area contributed by atoms with Gasteiger partial charge in [0.15, 0.2) is 17.0 Å². The number of aromatic nitrogens is 5. The van der Waals surface area contributed by atoms with Gasteiger partial charge in [-0.3, -0.25) is 0 Å². The molecule has 0 atom stereocenters. The van der Waals surface area contributed by atoms with Gasteiger partial charge in [-0.2, -0.15) is 13.2 Å². The zero-order valence-corrected chi connectivity index (χ0v) is 11.5. The lowest BCUT2D eigenvalue weighted by atomic mass is 10.1. The number of hydrogen-bond donors (Lipinski definition) is 1. The number of nitrogens with one attached hydrogen (secondary N) is 1. The summed E-state index contributed by atoms with van der Waals surface area (Å²) < 4.78 is 40.4. The second-order valence-corrected chi connectivity index (χ2v) is 4.55. The Labute approximate surface area is 123 Å². The Balaban J connectivity index is 2.05. The fourth-order valence-corrected chi connectivity index (χ4v) is 2.18. The van der Waals surface area contributed by atoms with Gasteiger partial charge in [0.25, 0.3) is 0 Å².